The summed E-state index contributed by atoms with van der Waals surface area (Å²) in [6, 6.07) is 0. The van der Waals surface area contributed by atoms with E-state index in [-0.39, 0.29) is 6.29 Å². The van der Waals surface area contributed by atoms with Crippen LogP contribution in [0.3, 0.4) is 0 Å². The molecule has 0 spiro atoms. The largest absolute Gasteiger partial charge is 0.352 e. The Bertz CT molecular complexity index is 131. The van der Waals surface area contributed by atoms with Gasteiger partial charge in [0, 0.05) is 32.8 Å². The van der Waals surface area contributed by atoms with Gasteiger partial charge in [-0.05, 0) is 14.0 Å². The van der Waals surface area contributed by atoms with E-state index >= 15 is 0 Å². The zero-order chi connectivity index (χ0) is 9.52. The average molecular weight is 188 g/mol. The third kappa shape index (κ3) is 4.04. The topological polar surface area (TPSA) is 33.7 Å². The summed E-state index contributed by atoms with van der Waals surface area (Å²) in [4.78, 5) is 2.36. The molecule has 78 valence electrons. The highest BCUT2D eigenvalue weighted by Gasteiger charge is 2.19. The Morgan fingerprint density at radius 3 is 3.15 bits per heavy atom. The second-order valence-corrected chi connectivity index (χ2v) is 3.16. The second-order valence-electron chi connectivity index (χ2n) is 3.16. The van der Waals surface area contributed by atoms with E-state index in [1.54, 1.807) is 0 Å². The van der Waals surface area contributed by atoms with Gasteiger partial charge in [0.1, 0.15) is 0 Å². The van der Waals surface area contributed by atoms with E-state index in [0.29, 0.717) is 0 Å². The van der Waals surface area contributed by atoms with Crippen LogP contribution in [0.2, 0.25) is 0 Å². The second kappa shape index (κ2) is 6.32. The molecule has 1 saturated heterocycles. The van der Waals surface area contributed by atoms with Crippen molar-refractivity contribution in [2.75, 3.05) is 46.4 Å². The summed E-state index contributed by atoms with van der Waals surface area (Å²) in [6.07, 6.45) is -0.0180. The fourth-order valence-electron chi connectivity index (χ4n) is 1.43. The summed E-state index contributed by atoms with van der Waals surface area (Å²) in [5.74, 6) is 0. The van der Waals surface area contributed by atoms with Crippen LogP contribution in [0.25, 0.3) is 0 Å². The number of nitrogens with one attached hydrogen (secondary N) is 1. The molecule has 1 atom stereocenters. The molecule has 0 amide bonds. The lowest BCUT2D eigenvalue weighted by Gasteiger charge is -2.32. The van der Waals surface area contributed by atoms with Crippen molar-refractivity contribution in [3.8, 4) is 0 Å². The zero-order valence-electron chi connectivity index (χ0n) is 8.58. The van der Waals surface area contributed by atoms with Crippen molar-refractivity contribution in [3.63, 3.8) is 0 Å². The highest BCUT2D eigenvalue weighted by Crippen LogP contribution is 2.05. The molecule has 0 aromatic heterocycles. The number of hydrogen-bond donors (Lipinski definition) is 1. The highest BCUT2D eigenvalue weighted by atomic mass is 16.7. The van der Waals surface area contributed by atoms with E-state index in [0.717, 1.165) is 39.4 Å². The van der Waals surface area contributed by atoms with Gasteiger partial charge in [0.2, 0.25) is 0 Å². The van der Waals surface area contributed by atoms with Crippen LogP contribution in [-0.2, 0) is 9.47 Å². The van der Waals surface area contributed by atoms with E-state index < -0.39 is 0 Å². The molecule has 0 bridgehead atoms. The molecule has 1 N–H and O–H groups in total. The van der Waals surface area contributed by atoms with Crippen LogP contribution in [0.1, 0.15) is 6.92 Å². The van der Waals surface area contributed by atoms with Gasteiger partial charge in [0.05, 0.1) is 6.61 Å². The van der Waals surface area contributed by atoms with Gasteiger partial charge >= 0.3 is 0 Å². The zero-order valence-corrected chi connectivity index (χ0v) is 8.58. The maximum absolute atomic E-state index is 5.44. The Kier molecular flexibility index (Phi) is 5.31. The van der Waals surface area contributed by atoms with E-state index in [4.69, 9.17) is 9.47 Å². The molecule has 1 unspecified atom stereocenters. The van der Waals surface area contributed by atoms with E-state index in [9.17, 15) is 0 Å². The van der Waals surface area contributed by atoms with Gasteiger partial charge in [-0.1, -0.05) is 0 Å². The summed E-state index contributed by atoms with van der Waals surface area (Å²) in [6.45, 7) is 7.53. The molecule has 13 heavy (non-hydrogen) atoms. The van der Waals surface area contributed by atoms with Crippen molar-refractivity contribution < 1.29 is 9.47 Å². The van der Waals surface area contributed by atoms with Crippen LogP contribution in [0, 0.1) is 0 Å². The number of nitrogens with zero attached hydrogens (tertiary/aromatic N) is 1. The summed E-state index contributed by atoms with van der Waals surface area (Å²) in [7, 11) is 1.97. The maximum Gasteiger partial charge on any atom is 0.170 e. The van der Waals surface area contributed by atoms with Gasteiger partial charge in [0.25, 0.3) is 0 Å². The van der Waals surface area contributed by atoms with Crippen molar-refractivity contribution in [2.45, 2.75) is 13.2 Å². The molecule has 1 aliphatic rings. The van der Waals surface area contributed by atoms with Gasteiger partial charge in [-0.25, -0.2) is 0 Å². The molecule has 0 aromatic carbocycles. The predicted octanol–water partition coefficient (Wildman–Crippen LogP) is -0.0994. The fraction of sp³-hybridized carbons (Fsp3) is 1.00. The molecular formula is C9H20N2O2. The minimum atomic E-state index is -0.0180. The Morgan fingerprint density at radius 1 is 1.62 bits per heavy atom. The first-order valence-electron chi connectivity index (χ1n) is 4.97. The van der Waals surface area contributed by atoms with E-state index in [1.807, 2.05) is 14.0 Å². The SMILES string of the molecule is CCOC1CN(CCNC)CCO1. The molecule has 0 aliphatic carbocycles. The maximum atomic E-state index is 5.44. The van der Waals surface area contributed by atoms with Crippen molar-refractivity contribution >= 4 is 0 Å². The van der Waals surface area contributed by atoms with Gasteiger partial charge in [-0.3, -0.25) is 4.90 Å². The van der Waals surface area contributed by atoms with Crippen LogP contribution < -0.4 is 5.32 Å². The predicted molar refractivity (Wildman–Crippen MR) is 51.7 cm³/mol. The van der Waals surface area contributed by atoms with E-state index in [2.05, 4.69) is 10.2 Å². The lowest BCUT2D eigenvalue weighted by Crippen LogP contribution is -2.45. The van der Waals surface area contributed by atoms with Crippen molar-refractivity contribution in [1.29, 1.82) is 0 Å². The molecule has 0 saturated carbocycles. The molecular weight excluding hydrogens is 168 g/mol. The smallest absolute Gasteiger partial charge is 0.170 e. The molecule has 1 aliphatic heterocycles. The number of hydrogen-bond acceptors (Lipinski definition) is 4. The summed E-state index contributed by atoms with van der Waals surface area (Å²) in [5, 5.41) is 3.14. The first kappa shape index (κ1) is 10.9. The summed E-state index contributed by atoms with van der Waals surface area (Å²) >= 11 is 0. The van der Waals surface area contributed by atoms with Crippen molar-refractivity contribution in [1.82, 2.24) is 10.2 Å². The van der Waals surface area contributed by atoms with E-state index in [1.165, 1.54) is 0 Å². The molecule has 1 rings (SSSR count). The van der Waals surface area contributed by atoms with Crippen molar-refractivity contribution in [2.24, 2.45) is 0 Å². The number of rotatable bonds is 5. The lowest BCUT2D eigenvalue weighted by atomic mass is 10.4. The quantitative estimate of drug-likeness (QED) is 0.653. The first-order chi connectivity index (χ1) is 6.36. The van der Waals surface area contributed by atoms with Crippen molar-refractivity contribution in [3.05, 3.63) is 0 Å². The highest BCUT2D eigenvalue weighted by molar-refractivity contribution is 4.65. The Hall–Kier alpha value is -0.160. The standard InChI is InChI=1S/C9H20N2O2/c1-3-12-9-8-11(5-4-10-2)6-7-13-9/h9-10H,3-8H2,1-2H3. The third-order valence-corrected chi connectivity index (χ3v) is 2.15. The summed E-state index contributed by atoms with van der Waals surface area (Å²) < 4.78 is 10.9. The van der Waals surface area contributed by atoms with Gasteiger partial charge in [-0.15, -0.1) is 0 Å². The van der Waals surface area contributed by atoms with Crippen LogP contribution in [-0.4, -0.2) is 57.6 Å². The monoisotopic (exact) mass is 188 g/mol. The first-order valence-corrected chi connectivity index (χ1v) is 4.97. The van der Waals surface area contributed by atoms with Crippen LogP contribution in [0.5, 0.6) is 0 Å². The molecule has 4 nitrogen and oxygen atoms in total. The Labute approximate surface area is 80.2 Å². The lowest BCUT2D eigenvalue weighted by molar-refractivity contribution is -0.176. The molecule has 1 heterocycles. The van der Waals surface area contributed by atoms with Crippen LogP contribution in [0.15, 0.2) is 0 Å². The molecule has 1 fully saturated rings. The third-order valence-electron chi connectivity index (χ3n) is 2.15. The van der Waals surface area contributed by atoms with Gasteiger partial charge in [-0.2, -0.15) is 0 Å². The molecule has 0 radical (unpaired) electrons. The Balaban J connectivity index is 2.16. The van der Waals surface area contributed by atoms with Crippen LogP contribution >= 0.6 is 0 Å². The number of likely N-dealkylation sites (N-methyl/N-ethyl adjacent to an activating group) is 1. The molecule has 0 aromatic rings. The fourth-order valence-corrected chi connectivity index (χ4v) is 1.43. The Morgan fingerprint density at radius 2 is 2.46 bits per heavy atom. The van der Waals surface area contributed by atoms with Gasteiger partial charge < -0.3 is 14.8 Å². The minimum absolute atomic E-state index is 0.0180. The minimum Gasteiger partial charge on any atom is -0.352 e. The number of morpholine rings is 1. The number of ether oxygens (including phenoxy) is 2. The van der Waals surface area contributed by atoms with Gasteiger partial charge in [0.15, 0.2) is 6.29 Å². The van der Waals surface area contributed by atoms with Crippen LogP contribution in [0.4, 0.5) is 0 Å². The molecule has 4 heteroatoms. The average Bonchev–Trinajstić information content (AvgIpc) is 2.16. The normalized spacial score (nSPS) is 24.9. The summed E-state index contributed by atoms with van der Waals surface area (Å²) in [5.41, 5.74) is 0.